The summed E-state index contributed by atoms with van der Waals surface area (Å²) in [7, 11) is 0. The van der Waals surface area contributed by atoms with Crippen molar-refractivity contribution in [2.24, 2.45) is 0 Å². The van der Waals surface area contributed by atoms with E-state index in [9.17, 15) is 9.90 Å². The van der Waals surface area contributed by atoms with E-state index in [0.29, 0.717) is 18.1 Å². The largest absolute Gasteiger partial charge is 0.480 e. The first-order valence-corrected chi connectivity index (χ1v) is 9.47. The standard InChI is InChI=1S/C21H22ClN3O2/c1-14-19(17-7-2-3-8-18(17)23-14)20(21(26)27)25-11-9-24(10-12-25)16-6-4-5-15(22)13-16/h2-8,13,20,23H,9-12H2,1H3,(H,26,27)/t20-/m0/s1. The van der Waals surface area contributed by atoms with Crippen molar-refractivity contribution >= 4 is 34.2 Å². The molecule has 0 unspecified atom stereocenters. The molecule has 2 aromatic carbocycles. The van der Waals surface area contributed by atoms with Crippen LogP contribution in [0.5, 0.6) is 0 Å². The smallest absolute Gasteiger partial charge is 0.325 e. The lowest BCUT2D eigenvalue weighted by atomic mass is 10.0. The number of hydrogen-bond donors (Lipinski definition) is 2. The molecule has 27 heavy (non-hydrogen) atoms. The molecule has 0 bridgehead atoms. The molecule has 0 aliphatic carbocycles. The SMILES string of the molecule is Cc1[nH]c2ccccc2c1[C@@H](C(=O)O)N1CCN(c2cccc(Cl)c2)CC1. The summed E-state index contributed by atoms with van der Waals surface area (Å²) in [5.74, 6) is -0.806. The molecule has 6 heteroatoms. The van der Waals surface area contributed by atoms with Crippen molar-refractivity contribution in [3.63, 3.8) is 0 Å². The van der Waals surface area contributed by atoms with E-state index in [4.69, 9.17) is 11.6 Å². The summed E-state index contributed by atoms with van der Waals surface area (Å²) in [6, 6.07) is 15.0. The Morgan fingerprint density at radius 2 is 1.85 bits per heavy atom. The molecule has 3 aromatic rings. The third kappa shape index (κ3) is 3.40. The highest BCUT2D eigenvalue weighted by molar-refractivity contribution is 6.30. The highest BCUT2D eigenvalue weighted by Gasteiger charge is 2.33. The molecular formula is C21H22ClN3O2. The lowest BCUT2D eigenvalue weighted by Gasteiger charge is -2.39. The number of carboxylic acids is 1. The van der Waals surface area contributed by atoms with Gasteiger partial charge in [0.15, 0.2) is 0 Å². The molecule has 5 nitrogen and oxygen atoms in total. The predicted octanol–water partition coefficient (Wildman–Crippen LogP) is 4.08. The Hall–Kier alpha value is -2.50. The van der Waals surface area contributed by atoms with Crippen molar-refractivity contribution in [3.05, 3.63) is 64.8 Å². The molecule has 2 heterocycles. The minimum atomic E-state index is -0.806. The lowest BCUT2D eigenvalue weighted by Crippen LogP contribution is -2.49. The van der Waals surface area contributed by atoms with Gasteiger partial charge in [0.05, 0.1) is 0 Å². The fourth-order valence-electron chi connectivity index (χ4n) is 4.02. The Labute approximate surface area is 163 Å². The number of aryl methyl sites for hydroxylation is 1. The average molecular weight is 384 g/mol. The van der Waals surface area contributed by atoms with Gasteiger partial charge in [-0.3, -0.25) is 9.69 Å². The number of nitrogens with zero attached hydrogens (tertiary/aromatic N) is 2. The van der Waals surface area contributed by atoms with E-state index >= 15 is 0 Å². The molecule has 1 fully saturated rings. The van der Waals surface area contributed by atoms with Gasteiger partial charge in [0, 0.05) is 59.0 Å². The first-order chi connectivity index (χ1) is 13.0. The molecule has 4 rings (SSSR count). The number of carbonyl (C=O) groups is 1. The van der Waals surface area contributed by atoms with Gasteiger partial charge in [0.1, 0.15) is 6.04 Å². The topological polar surface area (TPSA) is 59.6 Å². The normalized spacial score (nSPS) is 16.6. The van der Waals surface area contributed by atoms with Gasteiger partial charge in [-0.25, -0.2) is 0 Å². The zero-order valence-corrected chi connectivity index (χ0v) is 15.9. The Morgan fingerprint density at radius 3 is 2.56 bits per heavy atom. The first kappa shape index (κ1) is 17.9. The number of aromatic amines is 1. The number of para-hydroxylation sites is 1. The van der Waals surface area contributed by atoms with Gasteiger partial charge in [-0.1, -0.05) is 35.9 Å². The predicted molar refractivity (Wildman–Crippen MR) is 109 cm³/mol. The number of fused-ring (bicyclic) bond motifs is 1. The molecule has 0 saturated carbocycles. The number of aliphatic carboxylic acids is 1. The molecule has 1 aromatic heterocycles. The molecule has 0 spiro atoms. The van der Waals surface area contributed by atoms with Gasteiger partial charge in [-0.05, 0) is 31.2 Å². The quantitative estimate of drug-likeness (QED) is 0.712. The molecular weight excluding hydrogens is 362 g/mol. The molecule has 2 N–H and O–H groups in total. The zero-order valence-electron chi connectivity index (χ0n) is 15.2. The summed E-state index contributed by atoms with van der Waals surface area (Å²) >= 11 is 6.11. The third-order valence-corrected chi connectivity index (χ3v) is 5.54. The van der Waals surface area contributed by atoms with Crippen molar-refractivity contribution < 1.29 is 9.90 Å². The van der Waals surface area contributed by atoms with Crippen LogP contribution in [-0.4, -0.2) is 47.1 Å². The maximum absolute atomic E-state index is 12.2. The number of piperazine rings is 1. The Morgan fingerprint density at radius 1 is 1.11 bits per heavy atom. The van der Waals surface area contributed by atoms with Crippen molar-refractivity contribution in [1.29, 1.82) is 0 Å². The van der Waals surface area contributed by atoms with Crippen LogP contribution in [0.15, 0.2) is 48.5 Å². The summed E-state index contributed by atoms with van der Waals surface area (Å²) in [4.78, 5) is 19.8. The Kier molecular flexibility index (Phi) is 4.81. The molecule has 140 valence electrons. The van der Waals surface area contributed by atoms with E-state index in [-0.39, 0.29) is 0 Å². The van der Waals surface area contributed by atoms with Crippen LogP contribution in [0.3, 0.4) is 0 Å². The van der Waals surface area contributed by atoms with Crippen LogP contribution in [0.4, 0.5) is 5.69 Å². The van der Waals surface area contributed by atoms with Crippen LogP contribution in [0.1, 0.15) is 17.3 Å². The van der Waals surface area contributed by atoms with Gasteiger partial charge in [-0.15, -0.1) is 0 Å². The highest BCUT2D eigenvalue weighted by atomic mass is 35.5. The van der Waals surface area contributed by atoms with Crippen LogP contribution in [-0.2, 0) is 4.79 Å². The monoisotopic (exact) mass is 383 g/mol. The second-order valence-electron chi connectivity index (χ2n) is 6.95. The number of benzene rings is 2. The van der Waals surface area contributed by atoms with Crippen LogP contribution < -0.4 is 4.90 Å². The summed E-state index contributed by atoms with van der Waals surface area (Å²) in [5, 5.41) is 11.7. The number of rotatable bonds is 4. The highest BCUT2D eigenvalue weighted by Crippen LogP contribution is 2.33. The van der Waals surface area contributed by atoms with Crippen molar-refractivity contribution in [2.75, 3.05) is 31.1 Å². The number of hydrogen-bond acceptors (Lipinski definition) is 3. The van der Waals surface area contributed by atoms with Gasteiger partial charge < -0.3 is 15.0 Å². The van der Waals surface area contributed by atoms with Crippen LogP contribution in [0, 0.1) is 6.92 Å². The van der Waals surface area contributed by atoms with E-state index in [1.165, 1.54) is 0 Å². The minimum absolute atomic E-state index is 0.650. The summed E-state index contributed by atoms with van der Waals surface area (Å²) in [6.45, 7) is 4.86. The number of aromatic nitrogens is 1. The maximum Gasteiger partial charge on any atom is 0.325 e. The van der Waals surface area contributed by atoms with Crippen molar-refractivity contribution in [2.45, 2.75) is 13.0 Å². The van der Waals surface area contributed by atoms with Crippen LogP contribution in [0.2, 0.25) is 5.02 Å². The van der Waals surface area contributed by atoms with Crippen LogP contribution >= 0.6 is 11.6 Å². The van der Waals surface area contributed by atoms with Crippen molar-refractivity contribution in [3.8, 4) is 0 Å². The molecule has 1 saturated heterocycles. The fourth-order valence-corrected chi connectivity index (χ4v) is 4.21. The van der Waals surface area contributed by atoms with Gasteiger partial charge in [0.2, 0.25) is 0 Å². The molecule has 0 amide bonds. The summed E-state index contributed by atoms with van der Waals surface area (Å²) < 4.78 is 0. The van der Waals surface area contributed by atoms with E-state index in [1.807, 2.05) is 55.5 Å². The van der Waals surface area contributed by atoms with Crippen LogP contribution in [0.25, 0.3) is 10.9 Å². The summed E-state index contributed by atoms with van der Waals surface area (Å²) in [5.41, 5.74) is 3.85. The number of nitrogens with one attached hydrogen (secondary N) is 1. The maximum atomic E-state index is 12.2. The Balaban J connectivity index is 1.59. The number of halogens is 1. The fraction of sp³-hybridized carbons (Fsp3) is 0.286. The average Bonchev–Trinajstić information content (AvgIpc) is 2.98. The van der Waals surface area contributed by atoms with E-state index in [1.54, 1.807) is 0 Å². The van der Waals surface area contributed by atoms with E-state index in [2.05, 4.69) is 14.8 Å². The molecule has 1 atom stereocenters. The lowest BCUT2D eigenvalue weighted by molar-refractivity contribution is -0.143. The second kappa shape index (κ2) is 7.25. The molecule has 1 aliphatic heterocycles. The third-order valence-electron chi connectivity index (χ3n) is 5.30. The molecule has 1 aliphatic rings. The van der Waals surface area contributed by atoms with E-state index < -0.39 is 12.0 Å². The number of carboxylic acid groups (broad SMARTS) is 1. The van der Waals surface area contributed by atoms with Gasteiger partial charge in [-0.2, -0.15) is 0 Å². The van der Waals surface area contributed by atoms with Gasteiger partial charge >= 0.3 is 5.97 Å². The summed E-state index contributed by atoms with van der Waals surface area (Å²) in [6.07, 6.45) is 0. The Bertz CT molecular complexity index is 976. The number of anilines is 1. The number of H-pyrrole nitrogens is 1. The zero-order chi connectivity index (χ0) is 19.0. The van der Waals surface area contributed by atoms with E-state index in [0.717, 1.165) is 40.9 Å². The van der Waals surface area contributed by atoms with Crippen molar-refractivity contribution in [1.82, 2.24) is 9.88 Å². The molecule has 0 radical (unpaired) electrons. The first-order valence-electron chi connectivity index (χ1n) is 9.09. The second-order valence-corrected chi connectivity index (χ2v) is 7.39. The van der Waals surface area contributed by atoms with Gasteiger partial charge in [0.25, 0.3) is 0 Å². The minimum Gasteiger partial charge on any atom is -0.480 e.